The summed E-state index contributed by atoms with van der Waals surface area (Å²) in [6.07, 6.45) is 1.46. The van der Waals surface area contributed by atoms with E-state index in [-0.39, 0.29) is 35.8 Å². The number of amides is 2. The predicted molar refractivity (Wildman–Crippen MR) is 96.5 cm³/mol. The first-order chi connectivity index (χ1) is 13.0. The molecule has 0 bridgehead atoms. The molecule has 2 rings (SSSR count). The standard InChI is InChI=1S/C17H24N4O6/c1-26-15-9-13(4-5-14(15)21(24)25)27-11-16(22)20-8-2-3-12(10-20)17(23)19-7-6-18/h4-5,9,12H,2-3,6-8,10-11,18H2,1H3,(H,19,23). The van der Waals surface area contributed by atoms with Gasteiger partial charge in [-0.25, -0.2) is 0 Å². The van der Waals surface area contributed by atoms with Gasteiger partial charge in [0.2, 0.25) is 11.7 Å². The van der Waals surface area contributed by atoms with Gasteiger partial charge in [0, 0.05) is 38.3 Å². The second kappa shape index (κ2) is 9.72. The van der Waals surface area contributed by atoms with Crippen LogP contribution in [0.5, 0.6) is 11.5 Å². The zero-order valence-corrected chi connectivity index (χ0v) is 15.2. The van der Waals surface area contributed by atoms with Gasteiger partial charge in [-0.3, -0.25) is 19.7 Å². The van der Waals surface area contributed by atoms with Gasteiger partial charge in [0.25, 0.3) is 5.91 Å². The highest BCUT2D eigenvalue weighted by atomic mass is 16.6. The zero-order valence-electron chi connectivity index (χ0n) is 15.2. The molecule has 1 aliphatic heterocycles. The summed E-state index contributed by atoms with van der Waals surface area (Å²) in [6, 6.07) is 4.04. The molecule has 0 saturated carbocycles. The highest BCUT2D eigenvalue weighted by Crippen LogP contribution is 2.30. The van der Waals surface area contributed by atoms with Crippen LogP contribution in [0, 0.1) is 16.0 Å². The molecule has 1 saturated heterocycles. The van der Waals surface area contributed by atoms with Gasteiger partial charge in [-0.2, -0.15) is 0 Å². The lowest BCUT2D eigenvalue weighted by atomic mass is 9.97. The average molecular weight is 380 g/mol. The van der Waals surface area contributed by atoms with Crippen molar-refractivity contribution in [1.82, 2.24) is 10.2 Å². The topological polar surface area (TPSA) is 137 Å². The van der Waals surface area contributed by atoms with Crippen molar-refractivity contribution in [3.05, 3.63) is 28.3 Å². The first-order valence-corrected chi connectivity index (χ1v) is 8.67. The van der Waals surface area contributed by atoms with Crippen LogP contribution in [0.4, 0.5) is 5.69 Å². The van der Waals surface area contributed by atoms with E-state index in [2.05, 4.69) is 5.32 Å². The van der Waals surface area contributed by atoms with E-state index >= 15 is 0 Å². The molecule has 1 unspecified atom stereocenters. The van der Waals surface area contributed by atoms with Crippen LogP contribution >= 0.6 is 0 Å². The fourth-order valence-corrected chi connectivity index (χ4v) is 2.89. The Morgan fingerprint density at radius 1 is 1.44 bits per heavy atom. The third-order valence-corrected chi connectivity index (χ3v) is 4.30. The summed E-state index contributed by atoms with van der Waals surface area (Å²) in [6.45, 7) is 1.45. The molecule has 27 heavy (non-hydrogen) atoms. The summed E-state index contributed by atoms with van der Waals surface area (Å²) >= 11 is 0. The maximum absolute atomic E-state index is 12.4. The van der Waals surface area contributed by atoms with E-state index in [4.69, 9.17) is 15.2 Å². The Morgan fingerprint density at radius 2 is 2.22 bits per heavy atom. The number of nitrogens with one attached hydrogen (secondary N) is 1. The molecular weight excluding hydrogens is 356 g/mol. The minimum absolute atomic E-state index is 0.0551. The molecule has 2 amide bonds. The van der Waals surface area contributed by atoms with Gasteiger partial charge in [0.1, 0.15) is 5.75 Å². The van der Waals surface area contributed by atoms with Crippen molar-refractivity contribution in [2.24, 2.45) is 11.7 Å². The number of methoxy groups -OCH3 is 1. The number of nitrogens with zero attached hydrogens (tertiary/aromatic N) is 2. The monoisotopic (exact) mass is 380 g/mol. The second-order valence-corrected chi connectivity index (χ2v) is 6.14. The lowest BCUT2D eigenvalue weighted by Gasteiger charge is -2.32. The molecule has 1 fully saturated rings. The van der Waals surface area contributed by atoms with Gasteiger partial charge in [0.05, 0.1) is 18.0 Å². The number of piperidine rings is 1. The Bertz CT molecular complexity index is 696. The van der Waals surface area contributed by atoms with Crippen molar-refractivity contribution < 1.29 is 24.0 Å². The Kier molecular flexibility index (Phi) is 7.35. The van der Waals surface area contributed by atoms with E-state index in [1.54, 1.807) is 4.90 Å². The fraction of sp³-hybridized carbons (Fsp3) is 0.529. The minimum atomic E-state index is -0.558. The van der Waals surface area contributed by atoms with Gasteiger partial charge < -0.3 is 25.4 Å². The zero-order chi connectivity index (χ0) is 19.8. The average Bonchev–Trinajstić information content (AvgIpc) is 2.69. The molecule has 148 valence electrons. The molecule has 0 aliphatic carbocycles. The first kappa shape index (κ1) is 20.4. The molecule has 0 spiro atoms. The number of benzene rings is 1. The Labute approximate surface area is 156 Å². The van der Waals surface area contributed by atoms with Crippen LogP contribution in [-0.2, 0) is 9.59 Å². The van der Waals surface area contributed by atoms with Gasteiger partial charge >= 0.3 is 5.69 Å². The van der Waals surface area contributed by atoms with E-state index in [0.29, 0.717) is 31.9 Å². The third kappa shape index (κ3) is 5.55. The molecule has 0 radical (unpaired) electrons. The van der Waals surface area contributed by atoms with Crippen molar-refractivity contribution in [3.63, 3.8) is 0 Å². The van der Waals surface area contributed by atoms with E-state index in [1.165, 1.54) is 25.3 Å². The largest absolute Gasteiger partial charge is 0.490 e. The fourth-order valence-electron chi connectivity index (χ4n) is 2.89. The van der Waals surface area contributed by atoms with Gasteiger partial charge in [-0.05, 0) is 18.9 Å². The number of hydrogen-bond acceptors (Lipinski definition) is 7. The molecule has 0 aromatic heterocycles. The lowest BCUT2D eigenvalue weighted by molar-refractivity contribution is -0.385. The molecule has 1 heterocycles. The van der Waals surface area contributed by atoms with Gasteiger partial charge in [-0.1, -0.05) is 0 Å². The van der Waals surface area contributed by atoms with Crippen molar-refractivity contribution in [2.45, 2.75) is 12.8 Å². The number of likely N-dealkylation sites (tertiary alicyclic amines) is 1. The number of nitro groups is 1. The maximum atomic E-state index is 12.4. The number of hydrogen-bond donors (Lipinski definition) is 2. The molecule has 3 N–H and O–H groups in total. The Morgan fingerprint density at radius 3 is 2.89 bits per heavy atom. The normalized spacial score (nSPS) is 16.5. The van der Waals surface area contributed by atoms with E-state index in [9.17, 15) is 19.7 Å². The summed E-state index contributed by atoms with van der Waals surface area (Å²) in [7, 11) is 1.32. The van der Waals surface area contributed by atoms with Crippen LogP contribution in [0.3, 0.4) is 0 Å². The van der Waals surface area contributed by atoms with Crippen LogP contribution in [0.1, 0.15) is 12.8 Å². The Balaban J connectivity index is 1.91. The smallest absolute Gasteiger partial charge is 0.311 e. The number of nitrogens with two attached hydrogens (primary N) is 1. The minimum Gasteiger partial charge on any atom is -0.490 e. The Hall–Kier alpha value is -2.88. The SMILES string of the molecule is COc1cc(OCC(=O)N2CCCC(C(=O)NCCN)C2)ccc1[N+](=O)[O-]. The highest BCUT2D eigenvalue weighted by molar-refractivity contribution is 5.82. The van der Waals surface area contributed by atoms with E-state index in [1.807, 2.05) is 0 Å². The van der Waals surface area contributed by atoms with E-state index in [0.717, 1.165) is 12.8 Å². The number of rotatable bonds is 8. The highest BCUT2D eigenvalue weighted by Gasteiger charge is 2.28. The van der Waals surface area contributed by atoms with Gasteiger partial charge in [-0.15, -0.1) is 0 Å². The first-order valence-electron chi connectivity index (χ1n) is 8.67. The van der Waals surface area contributed by atoms with Crippen molar-refractivity contribution >= 4 is 17.5 Å². The molecule has 1 aromatic carbocycles. The number of ether oxygens (including phenoxy) is 2. The summed E-state index contributed by atoms with van der Waals surface area (Å²) in [5, 5.41) is 13.6. The molecule has 1 aromatic rings. The number of nitro benzene ring substituents is 1. The number of carbonyl (C=O) groups excluding carboxylic acids is 2. The van der Waals surface area contributed by atoms with Crippen LogP contribution in [0.2, 0.25) is 0 Å². The van der Waals surface area contributed by atoms with Crippen LogP contribution < -0.4 is 20.5 Å². The van der Waals surface area contributed by atoms with Crippen molar-refractivity contribution in [1.29, 1.82) is 0 Å². The van der Waals surface area contributed by atoms with Crippen molar-refractivity contribution in [2.75, 3.05) is 39.9 Å². The van der Waals surface area contributed by atoms with E-state index < -0.39 is 4.92 Å². The molecular formula is C17H24N4O6. The quantitative estimate of drug-likeness (QED) is 0.488. The summed E-state index contributed by atoms with van der Waals surface area (Å²) in [5.41, 5.74) is 5.20. The van der Waals surface area contributed by atoms with Crippen LogP contribution in [-0.4, -0.2) is 61.5 Å². The maximum Gasteiger partial charge on any atom is 0.311 e. The molecule has 10 heteroatoms. The third-order valence-electron chi connectivity index (χ3n) is 4.30. The molecule has 1 atom stereocenters. The molecule has 10 nitrogen and oxygen atoms in total. The van der Waals surface area contributed by atoms with Crippen LogP contribution in [0.15, 0.2) is 18.2 Å². The number of carbonyl (C=O) groups is 2. The predicted octanol–water partition coefficient (Wildman–Crippen LogP) is 0.296. The summed E-state index contributed by atoms with van der Waals surface area (Å²) < 4.78 is 10.4. The molecule has 1 aliphatic rings. The van der Waals surface area contributed by atoms with Crippen molar-refractivity contribution in [3.8, 4) is 11.5 Å². The van der Waals surface area contributed by atoms with Gasteiger partial charge in [0.15, 0.2) is 6.61 Å². The van der Waals surface area contributed by atoms with Crippen LogP contribution in [0.25, 0.3) is 0 Å². The lowest BCUT2D eigenvalue weighted by Crippen LogP contribution is -2.47. The summed E-state index contributed by atoms with van der Waals surface area (Å²) in [4.78, 5) is 36.4. The second-order valence-electron chi connectivity index (χ2n) is 6.14. The summed E-state index contributed by atoms with van der Waals surface area (Å²) in [5.74, 6) is -0.254.